The van der Waals surface area contributed by atoms with Crippen molar-refractivity contribution >= 4 is 0 Å². The summed E-state index contributed by atoms with van der Waals surface area (Å²) in [4.78, 5) is 2.49. The molecule has 0 amide bonds. The van der Waals surface area contributed by atoms with E-state index in [4.69, 9.17) is 0 Å². The van der Waals surface area contributed by atoms with E-state index in [1.807, 2.05) is 6.92 Å². The van der Waals surface area contributed by atoms with Crippen molar-refractivity contribution in [3.63, 3.8) is 0 Å². The molecule has 19 heavy (non-hydrogen) atoms. The molecule has 1 heterocycles. The lowest BCUT2D eigenvalue weighted by Crippen LogP contribution is -2.54. The molecule has 108 valence electrons. The molecular weight excluding hydrogens is 234 g/mol. The monoisotopic (exact) mass is 263 g/mol. The van der Waals surface area contributed by atoms with Gasteiger partial charge in [0.25, 0.3) is 0 Å². The van der Waals surface area contributed by atoms with Gasteiger partial charge in [-0.15, -0.1) is 0 Å². The molecule has 1 spiro atoms. The summed E-state index contributed by atoms with van der Waals surface area (Å²) in [6, 6.07) is 2.82. The number of hydrogen-bond acceptors (Lipinski definition) is 3. The Hall–Kier alpha value is -0.590. The molecule has 1 atom stereocenters. The number of nitriles is 1. The van der Waals surface area contributed by atoms with E-state index in [1.165, 1.54) is 51.6 Å². The molecule has 2 fully saturated rings. The highest BCUT2D eigenvalue weighted by Crippen LogP contribution is 2.46. The van der Waals surface area contributed by atoms with Crippen molar-refractivity contribution in [1.29, 1.82) is 5.26 Å². The summed E-state index contributed by atoms with van der Waals surface area (Å²) in [5, 5.41) is 12.8. The number of nitrogens with zero attached hydrogens (tertiary/aromatic N) is 2. The quantitative estimate of drug-likeness (QED) is 0.847. The number of likely N-dealkylation sites (tertiary alicyclic amines) is 1. The maximum Gasteiger partial charge on any atom is 0.116 e. The SMILES string of the molecule is CC(C)NC(C)(C#N)CN1CCC2(CCCC2)CC1. The molecule has 1 aliphatic carbocycles. The predicted octanol–water partition coefficient (Wildman–Crippen LogP) is 2.92. The maximum absolute atomic E-state index is 9.43. The Morgan fingerprint density at radius 2 is 1.79 bits per heavy atom. The van der Waals surface area contributed by atoms with Crippen molar-refractivity contribution in [1.82, 2.24) is 10.2 Å². The molecule has 0 radical (unpaired) electrons. The fourth-order valence-electron chi connectivity index (χ4n) is 4.01. The zero-order valence-electron chi connectivity index (χ0n) is 12.8. The summed E-state index contributed by atoms with van der Waals surface area (Å²) in [6.45, 7) is 9.47. The van der Waals surface area contributed by atoms with Gasteiger partial charge in [-0.05, 0) is 65.0 Å². The van der Waals surface area contributed by atoms with Gasteiger partial charge >= 0.3 is 0 Å². The first-order chi connectivity index (χ1) is 8.97. The van der Waals surface area contributed by atoms with E-state index in [2.05, 4.69) is 30.1 Å². The smallest absolute Gasteiger partial charge is 0.116 e. The molecule has 1 aliphatic heterocycles. The minimum Gasteiger partial charge on any atom is -0.300 e. The highest BCUT2D eigenvalue weighted by Gasteiger charge is 2.38. The minimum atomic E-state index is -0.408. The highest BCUT2D eigenvalue weighted by atomic mass is 15.2. The van der Waals surface area contributed by atoms with Gasteiger partial charge in [0.15, 0.2) is 0 Å². The Bertz CT molecular complexity index is 328. The third-order valence-electron chi connectivity index (χ3n) is 4.97. The van der Waals surface area contributed by atoms with Gasteiger partial charge in [0, 0.05) is 12.6 Å². The molecule has 2 rings (SSSR count). The maximum atomic E-state index is 9.43. The largest absolute Gasteiger partial charge is 0.300 e. The van der Waals surface area contributed by atoms with Crippen molar-refractivity contribution in [2.24, 2.45) is 5.41 Å². The number of rotatable bonds is 4. The Kier molecular flexibility index (Phi) is 4.53. The molecule has 3 nitrogen and oxygen atoms in total. The van der Waals surface area contributed by atoms with Gasteiger partial charge in [-0.25, -0.2) is 0 Å². The topological polar surface area (TPSA) is 39.1 Å². The van der Waals surface area contributed by atoms with Crippen molar-refractivity contribution < 1.29 is 0 Å². The van der Waals surface area contributed by atoms with Crippen LogP contribution in [0, 0.1) is 16.7 Å². The molecule has 0 aromatic heterocycles. The molecule has 0 aromatic carbocycles. The standard InChI is InChI=1S/C16H29N3/c1-14(2)18-15(3,12-17)13-19-10-8-16(9-11-19)6-4-5-7-16/h14,18H,4-11,13H2,1-3H3. The molecule has 0 aromatic rings. The lowest BCUT2D eigenvalue weighted by Gasteiger charge is -2.42. The first kappa shape index (κ1) is 14.8. The summed E-state index contributed by atoms with van der Waals surface area (Å²) in [7, 11) is 0. The van der Waals surface area contributed by atoms with Gasteiger partial charge in [-0.2, -0.15) is 5.26 Å². The Morgan fingerprint density at radius 1 is 1.21 bits per heavy atom. The molecule has 2 aliphatic rings. The highest BCUT2D eigenvalue weighted by molar-refractivity contribution is 5.07. The van der Waals surface area contributed by atoms with Crippen LogP contribution < -0.4 is 5.32 Å². The van der Waals surface area contributed by atoms with Crippen molar-refractivity contribution in [3.8, 4) is 6.07 Å². The van der Waals surface area contributed by atoms with E-state index in [0.717, 1.165) is 6.54 Å². The molecule has 3 heteroatoms. The summed E-state index contributed by atoms with van der Waals surface area (Å²) in [5.41, 5.74) is 0.263. The Labute approximate surface area is 118 Å². The van der Waals surface area contributed by atoms with E-state index in [-0.39, 0.29) is 0 Å². The number of hydrogen-bond donors (Lipinski definition) is 1. The average Bonchev–Trinajstić information content (AvgIpc) is 2.80. The normalized spacial score (nSPS) is 26.5. The third-order valence-corrected chi connectivity index (χ3v) is 4.97. The van der Waals surface area contributed by atoms with E-state index in [0.29, 0.717) is 11.5 Å². The molecule has 1 saturated heterocycles. The first-order valence-electron chi connectivity index (χ1n) is 7.88. The van der Waals surface area contributed by atoms with E-state index in [9.17, 15) is 5.26 Å². The van der Waals surface area contributed by atoms with Gasteiger partial charge in [0.05, 0.1) is 6.07 Å². The van der Waals surface area contributed by atoms with Crippen LogP contribution in [0.3, 0.4) is 0 Å². The summed E-state index contributed by atoms with van der Waals surface area (Å²) < 4.78 is 0. The predicted molar refractivity (Wildman–Crippen MR) is 78.9 cm³/mol. The van der Waals surface area contributed by atoms with Gasteiger partial charge in [0.2, 0.25) is 0 Å². The van der Waals surface area contributed by atoms with Crippen LogP contribution in [0.15, 0.2) is 0 Å². The van der Waals surface area contributed by atoms with Crippen LogP contribution in [0.2, 0.25) is 0 Å². The summed E-state index contributed by atoms with van der Waals surface area (Å²) in [5.74, 6) is 0. The zero-order valence-corrected chi connectivity index (χ0v) is 12.8. The first-order valence-corrected chi connectivity index (χ1v) is 7.88. The van der Waals surface area contributed by atoms with E-state index in [1.54, 1.807) is 0 Å². The minimum absolute atomic E-state index is 0.357. The second-order valence-corrected chi connectivity index (χ2v) is 7.23. The average molecular weight is 263 g/mol. The third kappa shape index (κ3) is 3.70. The lowest BCUT2D eigenvalue weighted by atomic mass is 9.77. The van der Waals surface area contributed by atoms with Crippen LogP contribution in [0.4, 0.5) is 0 Å². The van der Waals surface area contributed by atoms with Gasteiger partial charge in [0.1, 0.15) is 5.54 Å². The van der Waals surface area contributed by atoms with Crippen LogP contribution in [0.1, 0.15) is 59.3 Å². The van der Waals surface area contributed by atoms with Crippen molar-refractivity contribution in [2.45, 2.75) is 70.9 Å². The fourth-order valence-corrected chi connectivity index (χ4v) is 4.01. The van der Waals surface area contributed by atoms with Crippen LogP contribution in [-0.4, -0.2) is 36.1 Å². The van der Waals surface area contributed by atoms with E-state index >= 15 is 0 Å². The summed E-state index contributed by atoms with van der Waals surface area (Å²) in [6.07, 6.45) is 8.45. The van der Waals surface area contributed by atoms with Crippen LogP contribution in [0.5, 0.6) is 0 Å². The molecule has 0 bridgehead atoms. The Morgan fingerprint density at radius 3 is 2.26 bits per heavy atom. The van der Waals surface area contributed by atoms with Crippen molar-refractivity contribution in [2.75, 3.05) is 19.6 Å². The zero-order chi connectivity index (χ0) is 13.9. The van der Waals surface area contributed by atoms with Crippen LogP contribution in [-0.2, 0) is 0 Å². The molecule has 1 N–H and O–H groups in total. The molecule has 1 saturated carbocycles. The second-order valence-electron chi connectivity index (χ2n) is 7.23. The summed E-state index contributed by atoms with van der Waals surface area (Å²) >= 11 is 0. The second kappa shape index (κ2) is 5.81. The van der Waals surface area contributed by atoms with Crippen molar-refractivity contribution in [3.05, 3.63) is 0 Å². The fraction of sp³-hybridized carbons (Fsp3) is 0.938. The molecule has 1 unspecified atom stereocenters. The number of piperidine rings is 1. The van der Waals surface area contributed by atoms with E-state index < -0.39 is 5.54 Å². The van der Waals surface area contributed by atoms with Gasteiger partial charge in [-0.3, -0.25) is 5.32 Å². The van der Waals surface area contributed by atoms with Crippen LogP contribution in [0.25, 0.3) is 0 Å². The Balaban J connectivity index is 1.86. The molecular formula is C16H29N3. The van der Waals surface area contributed by atoms with Gasteiger partial charge < -0.3 is 4.90 Å². The number of nitrogens with one attached hydrogen (secondary N) is 1. The van der Waals surface area contributed by atoms with Crippen LogP contribution >= 0.6 is 0 Å². The van der Waals surface area contributed by atoms with Gasteiger partial charge in [-0.1, -0.05) is 12.8 Å². The lowest BCUT2D eigenvalue weighted by molar-refractivity contribution is 0.0926.